The number of hydrogen-bond donors (Lipinski definition) is 2. The lowest BCUT2D eigenvalue weighted by Gasteiger charge is -2.30. The van der Waals surface area contributed by atoms with Gasteiger partial charge in [0.1, 0.15) is 11.4 Å². The number of piperidine rings is 1. The number of carbonyl (C=O) groups is 1. The zero-order valence-corrected chi connectivity index (χ0v) is 13.6. The third-order valence-corrected chi connectivity index (χ3v) is 4.20. The highest BCUT2D eigenvalue weighted by atomic mass is 16.5. The highest BCUT2D eigenvalue weighted by Gasteiger charge is 2.24. The van der Waals surface area contributed by atoms with Gasteiger partial charge in [0.2, 0.25) is 0 Å². The molecule has 1 saturated heterocycles. The van der Waals surface area contributed by atoms with Gasteiger partial charge >= 0.3 is 5.69 Å². The van der Waals surface area contributed by atoms with Gasteiger partial charge in [-0.3, -0.25) is 24.0 Å². The summed E-state index contributed by atoms with van der Waals surface area (Å²) in [6.07, 6.45) is 2.60. The molecular weight excluding hydrogens is 300 g/mol. The summed E-state index contributed by atoms with van der Waals surface area (Å²) in [6.45, 7) is 3.83. The monoisotopic (exact) mass is 324 g/mol. The van der Waals surface area contributed by atoms with Crippen molar-refractivity contribution in [1.29, 1.82) is 0 Å². The second-order valence-electron chi connectivity index (χ2n) is 5.81. The van der Waals surface area contributed by atoms with Crippen molar-refractivity contribution in [2.24, 2.45) is 0 Å². The zero-order valence-electron chi connectivity index (χ0n) is 13.6. The van der Waals surface area contributed by atoms with Crippen molar-refractivity contribution in [2.45, 2.75) is 38.8 Å². The molecule has 23 heavy (non-hydrogen) atoms. The quantitative estimate of drug-likeness (QED) is 0.703. The molecule has 0 aliphatic carbocycles. The summed E-state index contributed by atoms with van der Waals surface area (Å²) in [5, 5.41) is 0. The van der Waals surface area contributed by atoms with Gasteiger partial charge in [0.25, 0.3) is 5.56 Å². The van der Waals surface area contributed by atoms with Crippen LogP contribution in [0.1, 0.15) is 36.5 Å². The Kier molecular flexibility index (Phi) is 5.73. The third-order valence-electron chi connectivity index (χ3n) is 4.20. The number of carbonyl (C=O) groups excluding carboxylic acids is 1. The van der Waals surface area contributed by atoms with Crippen molar-refractivity contribution in [1.82, 2.24) is 14.5 Å². The largest absolute Gasteiger partial charge is 0.384 e. The third kappa shape index (κ3) is 3.89. The van der Waals surface area contributed by atoms with E-state index in [-0.39, 0.29) is 29.8 Å². The fraction of sp³-hybridized carbons (Fsp3) is 0.667. The molecule has 3 N–H and O–H groups in total. The minimum Gasteiger partial charge on any atom is -0.384 e. The second kappa shape index (κ2) is 7.56. The Morgan fingerprint density at radius 2 is 2.00 bits per heavy atom. The van der Waals surface area contributed by atoms with Gasteiger partial charge < -0.3 is 10.5 Å². The lowest BCUT2D eigenvalue weighted by molar-refractivity contribution is 0.0401. The average molecular weight is 324 g/mol. The molecule has 0 bridgehead atoms. The Labute approximate surface area is 134 Å². The summed E-state index contributed by atoms with van der Waals surface area (Å²) >= 11 is 0. The van der Waals surface area contributed by atoms with Crippen LogP contribution < -0.4 is 17.0 Å². The van der Waals surface area contributed by atoms with Crippen molar-refractivity contribution in [3.8, 4) is 0 Å². The van der Waals surface area contributed by atoms with Crippen LogP contribution in [-0.4, -0.2) is 53.1 Å². The SMILES string of the molecule is CCCn1c(N)c(C(=O)CN2CCC(OC)CC2)c(=O)[nH]c1=O. The van der Waals surface area contributed by atoms with Crippen LogP contribution in [0.4, 0.5) is 5.82 Å². The van der Waals surface area contributed by atoms with E-state index in [9.17, 15) is 14.4 Å². The number of ketones is 1. The van der Waals surface area contributed by atoms with Crippen molar-refractivity contribution in [3.63, 3.8) is 0 Å². The molecule has 0 radical (unpaired) electrons. The van der Waals surface area contributed by atoms with Crippen molar-refractivity contribution in [3.05, 3.63) is 26.4 Å². The molecule has 0 saturated carbocycles. The first-order chi connectivity index (χ1) is 11.0. The highest BCUT2D eigenvalue weighted by molar-refractivity contribution is 6.01. The Bertz CT molecular complexity index is 671. The van der Waals surface area contributed by atoms with Crippen LogP contribution in [0.15, 0.2) is 9.59 Å². The highest BCUT2D eigenvalue weighted by Crippen LogP contribution is 2.14. The number of H-pyrrole nitrogens is 1. The average Bonchev–Trinajstić information content (AvgIpc) is 2.52. The summed E-state index contributed by atoms with van der Waals surface area (Å²) < 4.78 is 6.54. The fourth-order valence-corrected chi connectivity index (χ4v) is 2.89. The topological polar surface area (TPSA) is 110 Å². The van der Waals surface area contributed by atoms with E-state index in [1.54, 1.807) is 7.11 Å². The lowest BCUT2D eigenvalue weighted by Crippen LogP contribution is -2.42. The Morgan fingerprint density at radius 3 is 2.57 bits per heavy atom. The lowest BCUT2D eigenvalue weighted by atomic mass is 10.1. The normalized spacial score (nSPS) is 16.6. The van der Waals surface area contributed by atoms with Crippen LogP contribution in [-0.2, 0) is 11.3 Å². The van der Waals surface area contributed by atoms with Crippen molar-refractivity contribution in [2.75, 3.05) is 32.5 Å². The summed E-state index contributed by atoms with van der Waals surface area (Å²) in [4.78, 5) is 40.4. The minimum absolute atomic E-state index is 0.0441. The molecule has 1 fully saturated rings. The number of nitrogen functional groups attached to an aromatic ring is 1. The number of likely N-dealkylation sites (tertiary alicyclic amines) is 1. The summed E-state index contributed by atoms with van der Waals surface area (Å²) in [5.41, 5.74) is 4.50. The first-order valence-electron chi connectivity index (χ1n) is 7.88. The number of methoxy groups -OCH3 is 1. The standard InChI is InChI=1S/C15H24N4O4/c1-3-6-19-13(16)12(14(21)17-15(19)22)11(20)9-18-7-4-10(23-2)5-8-18/h10H,3-9,16H2,1-2H3,(H,17,21,22). The Hall–Kier alpha value is -1.93. The molecule has 1 aliphatic heterocycles. The number of aromatic nitrogens is 2. The van der Waals surface area contributed by atoms with E-state index < -0.39 is 11.2 Å². The number of hydrogen-bond acceptors (Lipinski definition) is 6. The van der Waals surface area contributed by atoms with Gasteiger partial charge in [0, 0.05) is 26.7 Å². The van der Waals surface area contributed by atoms with Crippen molar-refractivity contribution < 1.29 is 9.53 Å². The predicted octanol–water partition coefficient (Wildman–Crippen LogP) is -0.178. The molecule has 0 spiro atoms. The van der Waals surface area contributed by atoms with Gasteiger partial charge in [-0.25, -0.2) is 4.79 Å². The number of aromatic amines is 1. The van der Waals surface area contributed by atoms with E-state index in [1.165, 1.54) is 4.57 Å². The molecule has 2 heterocycles. The smallest absolute Gasteiger partial charge is 0.329 e. The van der Waals surface area contributed by atoms with E-state index in [1.807, 2.05) is 11.8 Å². The van der Waals surface area contributed by atoms with E-state index in [0.29, 0.717) is 13.0 Å². The summed E-state index contributed by atoms with van der Waals surface area (Å²) in [6, 6.07) is 0. The molecule has 1 aromatic heterocycles. The molecule has 8 heteroatoms. The molecule has 2 rings (SSSR count). The van der Waals surface area contributed by atoms with Gasteiger partial charge in [0.15, 0.2) is 5.78 Å². The zero-order chi connectivity index (χ0) is 17.0. The molecule has 8 nitrogen and oxygen atoms in total. The van der Waals surface area contributed by atoms with Crippen LogP contribution in [0, 0.1) is 0 Å². The number of anilines is 1. The Morgan fingerprint density at radius 1 is 1.35 bits per heavy atom. The number of Topliss-reactive ketones (excluding diaryl/α,β-unsaturated/α-hetero) is 1. The molecule has 0 aromatic carbocycles. The maximum Gasteiger partial charge on any atom is 0.329 e. The van der Waals surface area contributed by atoms with Crippen molar-refractivity contribution >= 4 is 11.6 Å². The number of nitrogens with two attached hydrogens (primary N) is 1. The summed E-state index contributed by atoms with van der Waals surface area (Å²) in [7, 11) is 1.68. The van der Waals surface area contributed by atoms with E-state index in [4.69, 9.17) is 10.5 Å². The van der Waals surface area contributed by atoms with Gasteiger partial charge in [-0.15, -0.1) is 0 Å². The van der Waals surface area contributed by atoms with Crippen LogP contribution in [0.3, 0.4) is 0 Å². The van der Waals surface area contributed by atoms with E-state index in [2.05, 4.69) is 4.98 Å². The molecule has 0 amide bonds. The van der Waals surface area contributed by atoms with E-state index >= 15 is 0 Å². The van der Waals surface area contributed by atoms with Crippen LogP contribution in [0.5, 0.6) is 0 Å². The summed E-state index contributed by atoms with van der Waals surface area (Å²) in [5.74, 6) is -0.401. The molecular formula is C15H24N4O4. The fourth-order valence-electron chi connectivity index (χ4n) is 2.89. The first-order valence-corrected chi connectivity index (χ1v) is 7.88. The van der Waals surface area contributed by atoms with Crippen LogP contribution in [0.25, 0.3) is 0 Å². The number of rotatable bonds is 6. The van der Waals surface area contributed by atoms with Gasteiger partial charge in [0.05, 0.1) is 12.6 Å². The number of nitrogens with one attached hydrogen (secondary N) is 1. The van der Waals surface area contributed by atoms with Gasteiger partial charge in [-0.1, -0.05) is 6.92 Å². The number of nitrogens with zero attached hydrogens (tertiary/aromatic N) is 2. The van der Waals surface area contributed by atoms with Crippen LogP contribution >= 0.6 is 0 Å². The minimum atomic E-state index is -0.711. The van der Waals surface area contributed by atoms with Crippen LogP contribution in [0.2, 0.25) is 0 Å². The van der Waals surface area contributed by atoms with Gasteiger partial charge in [-0.05, 0) is 19.3 Å². The Balaban J connectivity index is 2.18. The molecule has 1 aliphatic rings. The number of ether oxygens (including phenoxy) is 1. The molecule has 0 unspecified atom stereocenters. The molecule has 128 valence electrons. The van der Waals surface area contributed by atoms with Gasteiger partial charge in [-0.2, -0.15) is 0 Å². The maximum atomic E-state index is 12.5. The first kappa shape index (κ1) is 17.4. The second-order valence-corrected chi connectivity index (χ2v) is 5.81. The molecule has 1 aromatic rings. The predicted molar refractivity (Wildman–Crippen MR) is 86.8 cm³/mol. The maximum absolute atomic E-state index is 12.5. The van der Waals surface area contributed by atoms with E-state index in [0.717, 1.165) is 25.9 Å². The molecule has 0 atom stereocenters.